The van der Waals surface area contributed by atoms with Crippen LogP contribution in [0.5, 0.6) is 0 Å². The fourth-order valence-corrected chi connectivity index (χ4v) is 7.25. The number of hydrogen-bond donors (Lipinski definition) is 0. The predicted molar refractivity (Wildman–Crippen MR) is 284 cm³/mol. The lowest BCUT2D eigenvalue weighted by molar-refractivity contribution is -0.167. The summed E-state index contributed by atoms with van der Waals surface area (Å²) in [6.45, 7) is 6.35. The Morgan fingerprint density at radius 1 is 0.318 bits per heavy atom. The summed E-state index contributed by atoms with van der Waals surface area (Å²) in [6, 6.07) is 0. The molecule has 0 aromatic rings. The van der Waals surface area contributed by atoms with Crippen molar-refractivity contribution in [3.8, 4) is 0 Å². The lowest BCUT2D eigenvalue weighted by Gasteiger charge is -2.18. The monoisotopic (exact) mass is 917 g/mol. The molecule has 0 spiro atoms. The molecule has 66 heavy (non-hydrogen) atoms. The van der Waals surface area contributed by atoms with Crippen molar-refractivity contribution in [3.05, 3.63) is 97.2 Å². The average molecular weight is 917 g/mol. The van der Waals surface area contributed by atoms with Gasteiger partial charge in [-0.1, -0.05) is 214 Å². The topological polar surface area (TPSA) is 78.9 Å². The van der Waals surface area contributed by atoms with Gasteiger partial charge in [-0.2, -0.15) is 0 Å². The minimum absolute atomic E-state index is 0.0922. The third-order valence-corrected chi connectivity index (χ3v) is 11.3. The van der Waals surface area contributed by atoms with Crippen LogP contribution < -0.4 is 0 Å². The summed E-state index contributed by atoms with van der Waals surface area (Å²) < 4.78 is 16.8. The van der Waals surface area contributed by atoms with Crippen LogP contribution in [-0.2, 0) is 28.6 Å². The maximum Gasteiger partial charge on any atom is 0.306 e. The largest absolute Gasteiger partial charge is 0.462 e. The summed E-state index contributed by atoms with van der Waals surface area (Å²) in [5.41, 5.74) is 0. The molecule has 0 aromatic heterocycles. The van der Waals surface area contributed by atoms with Crippen molar-refractivity contribution in [2.75, 3.05) is 13.2 Å². The van der Waals surface area contributed by atoms with E-state index in [0.717, 1.165) is 135 Å². The van der Waals surface area contributed by atoms with Gasteiger partial charge >= 0.3 is 17.9 Å². The average Bonchev–Trinajstić information content (AvgIpc) is 3.31. The third-order valence-electron chi connectivity index (χ3n) is 11.3. The zero-order valence-corrected chi connectivity index (χ0v) is 42.9. The summed E-state index contributed by atoms with van der Waals surface area (Å²) in [7, 11) is 0. The van der Waals surface area contributed by atoms with E-state index < -0.39 is 6.10 Å². The highest BCUT2D eigenvalue weighted by Gasteiger charge is 2.19. The summed E-state index contributed by atoms with van der Waals surface area (Å²) in [5, 5.41) is 0. The second-order valence-electron chi connectivity index (χ2n) is 17.7. The smallest absolute Gasteiger partial charge is 0.306 e. The fraction of sp³-hybridized carbons (Fsp3) is 0.683. The summed E-state index contributed by atoms with van der Waals surface area (Å²) in [5.74, 6) is -0.925. The zero-order chi connectivity index (χ0) is 47.9. The molecule has 0 fully saturated rings. The first kappa shape index (κ1) is 62.3. The molecule has 1 atom stereocenters. The molecule has 0 aliphatic rings. The number of rotatable bonds is 48. The molecular weight excluding hydrogens is 817 g/mol. The first-order valence-corrected chi connectivity index (χ1v) is 27.2. The predicted octanol–water partition coefficient (Wildman–Crippen LogP) is 18.1. The zero-order valence-electron chi connectivity index (χ0n) is 42.9. The minimum atomic E-state index is -0.794. The van der Waals surface area contributed by atoms with E-state index in [1.807, 2.05) is 0 Å². The Kier molecular flexibility index (Phi) is 50.9. The van der Waals surface area contributed by atoms with E-state index in [-0.39, 0.29) is 31.1 Å². The summed E-state index contributed by atoms with van der Waals surface area (Å²) >= 11 is 0. The van der Waals surface area contributed by atoms with Crippen LogP contribution in [0.3, 0.4) is 0 Å². The minimum Gasteiger partial charge on any atom is -0.462 e. The molecule has 6 nitrogen and oxygen atoms in total. The fourth-order valence-electron chi connectivity index (χ4n) is 7.25. The van der Waals surface area contributed by atoms with E-state index in [1.54, 1.807) is 0 Å². The van der Waals surface area contributed by atoms with Crippen LogP contribution in [0.4, 0.5) is 0 Å². The van der Waals surface area contributed by atoms with Crippen LogP contribution in [0.2, 0.25) is 0 Å². The SMILES string of the molecule is CC/C=C\C/C=C\C/C=C\CCCCCCCCCC(=O)OCC(COC(=O)CCCCCCC/C=C\C/C=C\CCCC)OC(=O)CCCCCCCCC/C=C\C/C=C\C/C=C\CC. The highest BCUT2D eigenvalue weighted by atomic mass is 16.6. The Labute approximate surface area is 407 Å². The molecule has 0 amide bonds. The number of unbranched alkanes of at least 4 members (excludes halogenated alkanes) is 21. The quantitative estimate of drug-likeness (QED) is 0.0262. The molecule has 0 radical (unpaired) electrons. The molecule has 0 aliphatic heterocycles. The highest BCUT2D eigenvalue weighted by molar-refractivity contribution is 5.71. The number of ether oxygens (including phenoxy) is 3. The molecule has 0 saturated carbocycles. The molecule has 1 unspecified atom stereocenters. The van der Waals surface area contributed by atoms with Gasteiger partial charge in [-0.3, -0.25) is 14.4 Å². The van der Waals surface area contributed by atoms with Crippen molar-refractivity contribution in [2.45, 2.75) is 252 Å². The second kappa shape index (κ2) is 53.9. The maximum absolute atomic E-state index is 12.8. The molecular formula is C60H100O6. The van der Waals surface area contributed by atoms with Crippen molar-refractivity contribution in [3.63, 3.8) is 0 Å². The third kappa shape index (κ3) is 51.3. The van der Waals surface area contributed by atoms with Crippen LogP contribution in [0, 0.1) is 0 Å². The van der Waals surface area contributed by atoms with Gasteiger partial charge in [0.15, 0.2) is 6.10 Å². The van der Waals surface area contributed by atoms with Gasteiger partial charge < -0.3 is 14.2 Å². The van der Waals surface area contributed by atoms with E-state index in [1.165, 1.54) is 70.6 Å². The van der Waals surface area contributed by atoms with Crippen LogP contribution >= 0.6 is 0 Å². The molecule has 0 rings (SSSR count). The van der Waals surface area contributed by atoms with Gasteiger partial charge in [-0.15, -0.1) is 0 Å². The van der Waals surface area contributed by atoms with Gasteiger partial charge in [-0.25, -0.2) is 0 Å². The first-order chi connectivity index (χ1) is 32.5. The molecule has 0 bridgehead atoms. The van der Waals surface area contributed by atoms with Gasteiger partial charge in [-0.05, 0) is 109 Å². The standard InChI is InChI=1S/C60H100O6/c1-4-7-10-13-16-19-22-25-28-30-32-35-38-41-44-47-50-53-59(62)65-56-57(55-64-58(61)52-49-46-43-40-37-34-27-24-21-18-15-12-9-6-3)66-60(63)54-51-48-45-42-39-36-33-31-29-26-23-20-17-14-11-8-5-2/h7-8,10-11,15-20,24-29,57H,4-6,9,12-14,21-23,30-56H2,1-3H3/b10-7-,11-8-,18-15-,19-16-,20-17-,27-24-,28-25-,29-26-. The number of allylic oxidation sites excluding steroid dienone is 16. The Morgan fingerprint density at radius 3 is 0.924 bits per heavy atom. The Balaban J connectivity index is 4.44. The number of hydrogen-bond acceptors (Lipinski definition) is 6. The number of carbonyl (C=O) groups is 3. The van der Waals surface area contributed by atoms with E-state index in [2.05, 4.69) is 118 Å². The van der Waals surface area contributed by atoms with Gasteiger partial charge in [0.25, 0.3) is 0 Å². The molecule has 0 saturated heterocycles. The van der Waals surface area contributed by atoms with Crippen LogP contribution in [0.25, 0.3) is 0 Å². The molecule has 6 heteroatoms. The van der Waals surface area contributed by atoms with E-state index >= 15 is 0 Å². The molecule has 0 heterocycles. The lowest BCUT2D eigenvalue weighted by Crippen LogP contribution is -2.30. The van der Waals surface area contributed by atoms with Crippen molar-refractivity contribution in [1.29, 1.82) is 0 Å². The maximum atomic E-state index is 12.8. The van der Waals surface area contributed by atoms with Gasteiger partial charge in [0, 0.05) is 19.3 Å². The van der Waals surface area contributed by atoms with Crippen molar-refractivity contribution in [2.24, 2.45) is 0 Å². The van der Waals surface area contributed by atoms with E-state index in [4.69, 9.17) is 14.2 Å². The van der Waals surface area contributed by atoms with Crippen molar-refractivity contribution in [1.82, 2.24) is 0 Å². The molecule has 0 aromatic carbocycles. The number of carbonyl (C=O) groups excluding carboxylic acids is 3. The van der Waals surface area contributed by atoms with Crippen molar-refractivity contribution < 1.29 is 28.6 Å². The summed E-state index contributed by atoms with van der Waals surface area (Å²) in [4.78, 5) is 38.1. The van der Waals surface area contributed by atoms with E-state index in [0.29, 0.717) is 19.3 Å². The van der Waals surface area contributed by atoms with Crippen LogP contribution in [0.15, 0.2) is 97.2 Å². The Bertz CT molecular complexity index is 1330. The lowest BCUT2D eigenvalue weighted by atomic mass is 10.1. The Morgan fingerprint density at radius 2 is 0.591 bits per heavy atom. The molecule has 0 N–H and O–H groups in total. The highest BCUT2D eigenvalue weighted by Crippen LogP contribution is 2.14. The van der Waals surface area contributed by atoms with Crippen LogP contribution in [-0.4, -0.2) is 37.2 Å². The molecule has 376 valence electrons. The number of esters is 3. The van der Waals surface area contributed by atoms with Gasteiger partial charge in [0.1, 0.15) is 13.2 Å². The first-order valence-electron chi connectivity index (χ1n) is 27.2. The van der Waals surface area contributed by atoms with Crippen molar-refractivity contribution >= 4 is 17.9 Å². The normalized spacial score (nSPS) is 12.8. The van der Waals surface area contributed by atoms with E-state index in [9.17, 15) is 14.4 Å². The Hall–Kier alpha value is -3.67. The second-order valence-corrected chi connectivity index (χ2v) is 17.7. The van der Waals surface area contributed by atoms with Crippen LogP contribution in [0.1, 0.15) is 245 Å². The summed E-state index contributed by atoms with van der Waals surface area (Å²) in [6.07, 6.45) is 71.0. The molecule has 0 aliphatic carbocycles. The van der Waals surface area contributed by atoms with Gasteiger partial charge in [0.2, 0.25) is 0 Å². The van der Waals surface area contributed by atoms with Gasteiger partial charge in [0.05, 0.1) is 0 Å².